The highest BCUT2D eigenvalue weighted by molar-refractivity contribution is 9.10. The molecule has 4 nitrogen and oxygen atoms in total. The Kier molecular flexibility index (Phi) is 4.90. The van der Waals surface area contributed by atoms with Crippen molar-refractivity contribution in [2.75, 3.05) is 11.8 Å². The van der Waals surface area contributed by atoms with Gasteiger partial charge in [-0.2, -0.15) is 13.2 Å². The lowest BCUT2D eigenvalue weighted by Gasteiger charge is -2.13. The molecule has 0 aliphatic heterocycles. The van der Waals surface area contributed by atoms with Crippen molar-refractivity contribution in [3.63, 3.8) is 0 Å². The van der Waals surface area contributed by atoms with Gasteiger partial charge in [-0.15, -0.1) is 0 Å². The molecular formula is C14H11BrF3NO3S. The molecule has 2 aromatic carbocycles. The second-order valence-corrected chi connectivity index (χ2v) is 7.05. The summed E-state index contributed by atoms with van der Waals surface area (Å²) < 4.78 is 70.5. The summed E-state index contributed by atoms with van der Waals surface area (Å²) in [5.41, 5.74) is -1.14. The summed E-state index contributed by atoms with van der Waals surface area (Å²) in [5.74, 6) is 0.0766. The van der Waals surface area contributed by atoms with Crippen LogP contribution in [0.2, 0.25) is 0 Å². The predicted molar refractivity (Wildman–Crippen MR) is 82.9 cm³/mol. The molecule has 0 atom stereocenters. The molecule has 9 heteroatoms. The fourth-order valence-electron chi connectivity index (χ4n) is 1.83. The molecule has 1 N–H and O–H groups in total. The first-order chi connectivity index (χ1) is 10.6. The standard InChI is InChI=1S/C14H11BrF3NO3S/c1-22-12-6-5-10(15)8-13(12)23(20,21)19-11-4-2-3-9(7-11)14(16,17)18/h2-8,19H,1H3. The number of anilines is 1. The zero-order valence-electron chi connectivity index (χ0n) is 11.7. The molecular weight excluding hydrogens is 399 g/mol. The molecule has 0 bridgehead atoms. The van der Waals surface area contributed by atoms with Gasteiger partial charge < -0.3 is 4.74 Å². The van der Waals surface area contributed by atoms with Gasteiger partial charge in [-0.05, 0) is 36.4 Å². The van der Waals surface area contributed by atoms with E-state index < -0.39 is 21.8 Å². The van der Waals surface area contributed by atoms with Crippen LogP contribution in [0.4, 0.5) is 18.9 Å². The van der Waals surface area contributed by atoms with E-state index in [2.05, 4.69) is 20.7 Å². The Morgan fingerprint density at radius 2 is 1.83 bits per heavy atom. The SMILES string of the molecule is COc1ccc(Br)cc1S(=O)(=O)Nc1cccc(C(F)(F)F)c1. The van der Waals surface area contributed by atoms with E-state index in [1.807, 2.05) is 0 Å². The van der Waals surface area contributed by atoms with Crippen LogP contribution in [0.1, 0.15) is 5.56 Å². The van der Waals surface area contributed by atoms with E-state index in [0.29, 0.717) is 4.47 Å². The van der Waals surface area contributed by atoms with Gasteiger partial charge in [-0.3, -0.25) is 4.72 Å². The van der Waals surface area contributed by atoms with E-state index >= 15 is 0 Å². The lowest BCUT2D eigenvalue weighted by molar-refractivity contribution is -0.137. The molecule has 0 amide bonds. The van der Waals surface area contributed by atoms with Crippen LogP contribution in [0.3, 0.4) is 0 Å². The van der Waals surface area contributed by atoms with Crippen LogP contribution in [0.15, 0.2) is 51.8 Å². The molecule has 0 aliphatic rings. The third-order valence-electron chi connectivity index (χ3n) is 2.86. The molecule has 0 saturated carbocycles. The Bertz CT molecular complexity index is 822. The molecule has 0 unspecified atom stereocenters. The Labute approximate surface area is 139 Å². The number of ether oxygens (including phenoxy) is 1. The highest BCUT2D eigenvalue weighted by atomic mass is 79.9. The summed E-state index contributed by atoms with van der Waals surface area (Å²) in [6.07, 6.45) is -4.56. The van der Waals surface area contributed by atoms with E-state index in [1.165, 1.54) is 25.3 Å². The largest absolute Gasteiger partial charge is 0.495 e. The Morgan fingerprint density at radius 3 is 2.43 bits per heavy atom. The Hall–Kier alpha value is -1.74. The number of hydrogen-bond donors (Lipinski definition) is 1. The topological polar surface area (TPSA) is 55.4 Å². The summed E-state index contributed by atoms with van der Waals surface area (Å²) >= 11 is 3.14. The zero-order valence-corrected chi connectivity index (χ0v) is 14.1. The number of halogens is 4. The fraction of sp³-hybridized carbons (Fsp3) is 0.143. The van der Waals surface area contributed by atoms with Crippen molar-refractivity contribution in [1.82, 2.24) is 0 Å². The predicted octanol–water partition coefficient (Wildman–Crippen LogP) is 4.28. The summed E-state index contributed by atoms with van der Waals surface area (Å²) in [6.45, 7) is 0. The molecule has 0 aromatic heterocycles. The first-order valence-corrected chi connectivity index (χ1v) is 8.45. The minimum atomic E-state index is -4.56. The molecule has 23 heavy (non-hydrogen) atoms. The molecule has 2 rings (SSSR count). The maximum atomic E-state index is 12.7. The van der Waals surface area contributed by atoms with Crippen molar-refractivity contribution in [3.05, 3.63) is 52.5 Å². The van der Waals surface area contributed by atoms with Gasteiger partial charge in [0.05, 0.1) is 12.7 Å². The number of rotatable bonds is 4. The van der Waals surface area contributed by atoms with Gasteiger partial charge in [-0.25, -0.2) is 8.42 Å². The van der Waals surface area contributed by atoms with Gasteiger partial charge >= 0.3 is 6.18 Å². The van der Waals surface area contributed by atoms with Gasteiger partial charge in [-0.1, -0.05) is 22.0 Å². The van der Waals surface area contributed by atoms with Crippen LogP contribution in [-0.4, -0.2) is 15.5 Å². The van der Waals surface area contributed by atoms with Crippen molar-refractivity contribution >= 4 is 31.6 Å². The summed E-state index contributed by atoms with van der Waals surface area (Å²) in [6, 6.07) is 8.26. The number of hydrogen-bond acceptors (Lipinski definition) is 3. The van der Waals surface area contributed by atoms with E-state index in [4.69, 9.17) is 4.74 Å². The molecule has 0 saturated heterocycles. The number of methoxy groups -OCH3 is 1. The van der Waals surface area contributed by atoms with E-state index in [1.54, 1.807) is 6.07 Å². The molecule has 0 heterocycles. The number of sulfonamides is 1. The van der Waals surface area contributed by atoms with Crippen LogP contribution in [0, 0.1) is 0 Å². The molecule has 0 spiro atoms. The third-order valence-corrected chi connectivity index (χ3v) is 4.75. The lowest BCUT2D eigenvalue weighted by atomic mass is 10.2. The number of nitrogens with one attached hydrogen (secondary N) is 1. The highest BCUT2D eigenvalue weighted by Crippen LogP contribution is 2.32. The maximum absolute atomic E-state index is 12.7. The fourth-order valence-corrected chi connectivity index (χ4v) is 3.59. The minimum Gasteiger partial charge on any atom is -0.495 e. The summed E-state index contributed by atoms with van der Waals surface area (Å²) in [4.78, 5) is -0.188. The Morgan fingerprint density at radius 1 is 1.13 bits per heavy atom. The van der Waals surface area contributed by atoms with Crippen molar-refractivity contribution in [2.24, 2.45) is 0 Å². The maximum Gasteiger partial charge on any atom is 0.416 e. The second-order valence-electron chi connectivity index (χ2n) is 4.48. The minimum absolute atomic E-state index is 0.0766. The molecule has 0 fully saturated rings. The van der Waals surface area contributed by atoms with Gasteiger partial charge in [0.25, 0.3) is 10.0 Å². The summed E-state index contributed by atoms with van der Waals surface area (Å²) in [5, 5.41) is 0. The number of alkyl halides is 3. The van der Waals surface area contributed by atoms with E-state index in [9.17, 15) is 21.6 Å². The highest BCUT2D eigenvalue weighted by Gasteiger charge is 2.31. The summed E-state index contributed by atoms with van der Waals surface area (Å²) in [7, 11) is -2.82. The van der Waals surface area contributed by atoms with Gasteiger partial charge in [0, 0.05) is 10.2 Å². The molecule has 0 aliphatic carbocycles. The monoisotopic (exact) mass is 409 g/mol. The quantitative estimate of drug-likeness (QED) is 0.819. The molecule has 0 radical (unpaired) electrons. The van der Waals surface area contributed by atoms with Gasteiger partial charge in [0.1, 0.15) is 10.6 Å². The molecule has 2 aromatic rings. The average Bonchev–Trinajstić information content (AvgIpc) is 2.46. The normalized spacial score (nSPS) is 12.0. The van der Waals surface area contributed by atoms with Crippen molar-refractivity contribution in [3.8, 4) is 5.75 Å². The third kappa shape index (κ3) is 4.17. The van der Waals surface area contributed by atoms with Crippen LogP contribution in [-0.2, 0) is 16.2 Å². The van der Waals surface area contributed by atoms with Crippen molar-refractivity contribution in [1.29, 1.82) is 0 Å². The van der Waals surface area contributed by atoms with Gasteiger partial charge in [0.15, 0.2) is 0 Å². The van der Waals surface area contributed by atoms with Crippen LogP contribution in [0.25, 0.3) is 0 Å². The molecule has 124 valence electrons. The van der Waals surface area contributed by atoms with Crippen LogP contribution in [0.5, 0.6) is 5.75 Å². The van der Waals surface area contributed by atoms with E-state index in [-0.39, 0.29) is 16.3 Å². The smallest absolute Gasteiger partial charge is 0.416 e. The first kappa shape index (κ1) is 17.6. The average molecular weight is 410 g/mol. The first-order valence-electron chi connectivity index (χ1n) is 6.17. The Balaban J connectivity index is 2.42. The zero-order chi connectivity index (χ0) is 17.3. The van der Waals surface area contributed by atoms with Crippen molar-refractivity contribution in [2.45, 2.75) is 11.1 Å². The van der Waals surface area contributed by atoms with E-state index in [0.717, 1.165) is 18.2 Å². The van der Waals surface area contributed by atoms with Crippen molar-refractivity contribution < 1.29 is 26.3 Å². The second kappa shape index (κ2) is 6.40. The van der Waals surface area contributed by atoms with Crippen LogP contribution < -0.4 is 9.46 Å². The lowest BCUT2D eigenvalue weighted by Crippen LogP contribution is -2.15. The van der Waals surface area contributed by atoms with Gasteiger partial charge in [0.2, 0.25) is 0 Å². The van der Waals surface area contributed by atoms with Crippen LogP contribution >= 0.6 is 15.9 Å². The number of benzene rings is 2.